The van der Waals surface area contributed by atoms with E-state index in [1.54, 1.807) is 13.8 Å². The van der Waals surface area contributed by atoms with Crippen LogP contribution in [0.15, 0.2) is 0 Å². The average Bonchev–Trinajstić information content (AvgIpc) is 2.46. The molecule has 0 aliphatic carbocycles. The van der Waals surface area contributed by atoms with Crippen molar-refractivity contribution in [1.82, 2.24) is 10.6 Å². The maximum atomic E-state index is 11.5. The van der Waals surface area contributed by atoms with Crippen molar-refractivity contribution in [1.29, 1.82) is 0 Å². The summed E-state index contributed by atoms with van der Waals surface area (Å²) in [5, 5.41) is 5.95. The quantitative estimate of drug-likeness (QED) is 0.363. The molecular formula is C16H32N2O5. The number of ether oxygens (including phenoxy) is 3. The fraction of sp³-hybridized carbons (Fsp3) is 0.875. The molecule has 0 saturated carbocycles. The summed E-state index contributed by atoms with van der Waals surface area (Å²) >= 11 is 0. The Morgan fingerprint density at radius 3 is 2.04 bits per heavy atom. The second kappa shape index (κ2) is 14.4. The van der Waals surface area contributed by atoms with E-state index in [1.807, 2.05) is 0 Å². The molecule has 0 aromatic heterocycles. The Morgan fingerprint density at radius 1 is 0.870 bits per heavy atom. The Hall–Kier alpha value is -1.18. The van der Waals surface area contributed by atoms with Gasteiger partial charge in [-0.25, -0.2) is 0 Å². The van der Waals surface area contributed by atoms with E-state index in [9.17, 15) is 9.59 Å². The maximum absolute atomic E-state index is 11.5. The van der Waals surface area contributed by atoms with Crippen molar-refractivity contribution >= 4 is 11.9 Å². The third kappa shape index (κ3) is 17.0. The monoisotopic (exact) mass is 332 g/mol. The number of amides is 1. The van der Waals surface area contributed by atoms with Crippen molar-refractivity contribution in [2.45, 2.75) is 52.7 Å². The largest absolute Gasteiger partial charge is 0.463 e. The topological polar surface area (TPSA) is 85.9 Å². The summed E-state index contributed by atoms with van der Waals surface area (Å²) in [6, 6.07) is 0.464. The van der Waals surface area contributed by atoms with Crippen LogP contribution in [0.4, 0.5) is 0 Å². The van der Waals surface area contributed by atoms with Gasteiger partial charge in [-0.05, 0) is 13.8 Å². The van der Waals surface area contributed by atoms with E-state index >= 15 is 0 Å². The SMILES string of the molecule is CC(C)NCCOCCOCCNC(=O)CCC(=O)OC(C)C. The third-order valence-corrected chi connectivity index (χ3v) is 2.66. The highest BCUT2D eigenvalue weighted by molar-refractivity contribution is 5.81. The van der Waals surface area contributed by atoms with Gasteiger partial charge in [0, 0.05) is 25.6 Å². The van der Waals surface area contributed by atoms with Gasteiger partial charge in [0.05, 0.1) is 39.0 Å². The molecule has 0 aromatic carbocycles. The van der Waals surface area contributed by atoms with Crippen LogP contribution in [0.1, 0.15) is 40.5 Å². The maximum Gasteiger partial charge on any atom is 0.306 e. The second-order valence-electron chi connectivity index (χ2n) is 5.72. The molecule has 2 N–H and O–H groups in total. The van der Waals surface area contributed by atoms with E-state index in [1.165, 1.54) is 0 Å². The summed E-state index contributed by atoms with van der Waals surface area (Å²) < 4.78 is 15.7. The van der Waals surface area contributed by atoms with E-state index in [-0.39, 0.29) is 30.8 Å². The highest BCUT2D eigenvalue weighted by Gasteiger charge is 2.08. The number of hydrogen-bond acceptors (Lipinski definition) is 6. The molecule has 0 unspecified atom stereocenters. The Balaban J connectivity index is 3.31. The van der Waals surface area contributed by atoms with Gasteiger partial charge in [-0.2, -0.15) is 0 Å². The summed E-state index contributed by atoms with van der Waals surface area (Å²) in [7, 11) is 0. The van der Waals surface area contributed by atoms with Gasteiger partial charge in [0.25, 0.3) is 0 Å². The van der Waals surface area contributed by atoms with E-state index in [0.717, 1.165) is 6.54 Å². The first-order valence-electron chi connectivity index (χ1n) is 8.27. The van der Waals surface area contributed by atoms with Crippen LogP contribution in [0.2, 0.25) is 0 Å². The molecule has 0 spiro atoms. The van der Waals surface area contributed by atoms with Gasteiger partial charge in [-0.15, -0.1) is 0 Å². The summed E-state index contributed by atoms with van der Waals surface area (Å²) in [5.41, 5.74) is 0. The van der Waals surface area contributed by atoms with Crippen molar-refractivity contribution in [3.63, 3.8) is 0 Å². The first kappa shape index (κ1) is 21.8. The molecule has 0 atom stereocenters. The highest BCUT2D eigenvalue weighted by atomic mass is 16.5. The fourth-order valence-corrected chi connectivity index (χ4v) is 1.63. The van der Waals surface area contributed by atoms with Crippen molar-refractivity contribution in [3.05, 3.63) is 0 Å². The minimum absolute atomic E-state index is 0.100. The predicted molar refractivity (Wildman–Crippen MR) is 88.2 cm³/mol. The van der Waals surface area contributed by atoms with E-state index in [2.05, 4.69) is 24.5 Å². The fourth-order valence-electron chi connectivity index (χ4n) is 1.63. The molecule has 0 rings (SSSR count). The van der Waals surface area contributed by atoms with E-state index in [4.69, 9.17) is 14.2 Å². The van der Waals surface area contributed by atoms with Gasteiger partial charge >= 0.3 is 5.97 Å². The molecule has 0 aromatic rings. The van der Waals surface area contributed by atoms with Crippen LogP contribution in [-0.4, -0.2) is 63.5 Å². The first-order chi connectivity index (χ1) is 10.9. The molecular weight excluding hydrogens is 300 g/mol. The molecule has 0 aliphatic heterocycles. The Morgan fingerprint density at radius 2 is 1.48 bits per heavy atom. The van der Waals surface area contributed by atoms with Crippen LogP contribution < -0.4 is 10.6 Å². The van der Waals surface area contributed by atoms with Crippen LogP contribution in [0.3, 0.4) is 0 Å². The lowest BCUT2D eigenvalue weighted by Crippen LogP contribution is -2.28. The minimum atomic E-state index is -0.351. The lowest BCUT2D eigenvalue weighted by Gasteiger charge is -2.09. The lowest BCUT2D eigenvalue weighted by molar-refractivity contribution is -0.148. The number of carbonyl (C=O) groups is 2. The molecule has 0 aliphatic rings. The smallest absolute Gasteiger partial charge is 0.306 e. The lowest BCUT2D eigenvalue weighted by atomic mass is 10.3. The molecule has 136 valence electrons. The Kier molecular flexibility index (Phi) is 13.7. The van der Waals surface area contributed by atoms with Gasteiger partial charge in [0.2, 0.25) is 5.91 Å². The van der Waals surface area contributed by atoms with E-state index < -0.39 is 0 Å². The molecule has 0 saturated heterocycles. The van der Waals surface area contributed by atoms with Crippen molar-refractivity contribution < 1.29 is 23.8 Å². The molecule has 7 heteroatoms. The molecule has 0 fully saturated rings. The van der Waals surface area contributed by atoms with E-state index in [0.29, 0.717) is 39.0 Å². The highest BCUT2D eigenvalue weighted by Crippen LogP contribution is 1.96. The number of nitrogens with one attached hydrogen (secondary N) is 2. The zero-order chi connectivity index (χ0) is 17.5. The molecule has 0 heterocycles. The zero-order valence-corrected chi connectivity index (χ0v) is 14.9. The summed E-state index contributed by atoms with van der Waals surface area (Å²) in [6.45, 7) is 11.1. The van der Waals surface area contributed by atoms with Crippen molar-refractivity contribution in [3.8, 4) is 0 Å². The molecule has 0 bridgehead atoms. The van der Waals surface area contributed by atoms with Gasteiger partial charge in [-0.1, -0.05) is 13.8 Å². The van der Waals surface area contributed by atoms with Crippen LogP contribution in [0.5, 0.6) is 0 Å². The standard InChI is InChI=1S/C16H32N2O5/c1-13(2)17-7-9-21-11-12-22-10-8-18-15(19)5-6-16(20)23-14(3)4/h13-14,17H,5-12H2,1-4H3,(H,18,19). The van der Waals surface area contributed by atoms with Gasteiger partial charge in [0.1, 0.15) is 0 Å². The Labute approximate surface area is 139 Å². The first-order valence-corrected chi connectivity index (χ1v) is 8.27. The normalized spacial score (nSPS) is 11.0. The minimum Gasteiger partial charge on any atom is -0.463 e. The zero-order valence-electron chi connectivity index (χ0n) is 14.9. The number of esters is 1. The van der Waals surface area contributed by atoms with Crippen LogP contribution >= 0.6 is 0 Å². The summed E-state index contributed by atoms with van der Waals surface area (Å²) in [6.07, 6.45) is 0.0861. The van der Waals surface area contributed by atoms with Crippen LogP contribution in [0, 0.1) is 0 Å². The van der Waals surface area contributed by atoms with Crippen LogP contribution in [0.25, 0.3) is 0 Å². The molecule has 1 amide bonds. The Bertz CT molecular complexity index is 322. The number of rotatable bonds is 14. The van der Waals surface area contributed by atoms with Gasteiger partial charge in [0.15, 0.2) is 0 Å². The predicted octanol–water partition coefficient (Wildman–Crippen LogP) is 0.866. The van der Waals surface area contributed by atoms with Gasteiger partial charge in [-0.3, -0.25) is 9.59 Å². The third-order valence-electron chi connectivity index (χ3n) is 2.66. The van der Waals surface area contributed by atoms with Crippen LogP contribution in [-0.2, 0) is 23.8 Å². The molecule has 7 nitrogen and oxygen atoms in total. The average molecular weight is 332 g/mol. The summed E-state index contributed by atoms with van der Waals surface area (Å²) in [4.78, 5) is 22.8. The number of carbonyl (C=O) groups excluding carboxylic acids is 2. The van der Waals surface area contributed by atoms with Crippen molar-refractivity contribution in [2.24, 2.45) is 0 Å². The molecule has 0 radical (unpaired) electrons. The van der Waals surface area contributed by atoms with Crippen molar-refractivity contribution in [2.75, 3.05) is 39.5 Å². The summed E-state index contributed by atoms with van der Waals surface area (Å²) in [5.74, 6) is -0.527. The number of hydrogen-bond donors (Lipinski definition) is 2. The molecule has 23 heavy (non-hydrogen) atoms. The second-order valence-corrected chi connectivity index (χ2v) is 5.72. The van der Waals surface area contributed by atoms with Gasteiger partial charge < -0.3 is 24.8 Å².